The Hall–Kier alpha value is -3.03. The van der Waals surface area contributed by atoms with E-state index in [1.165, 1.54) is 30.5 Å². The fraction of sp³-hybridized carbons (Fsp3) is 0.0952. The van der Waals surface area contributed by atoms with Crippen LogP contribution in [0.25, 0.3) is 0 Å². The maximum absolute atomic E-state index is 12.3. The quantitative estimate of drug-likeness (QED) is 0.428. The van der Waals surface area contributed by atoms with Crippen LogP contribution in [0.1, 0.15) is 11.1 Å². The molecule has 0 heterocycles. The molecule has 3 aromatic rings. The molecule has 6 nitrogen and oxygen atoms in total. The first kappa shape index (κ1) is 20.7. The van der Waals surface area contributed by atoms with Crippen LogP contribution >= 0.6 is 11.6 Å². The fourth-order valence-corrected chi connectivity index (χ4v) is 3.39. The highest BCUT2D eigenvalue weighted by molar-refractivity contribution is 7.89. The minimum absolute atomic E-state index is 0.0709. The highest BCUT2D eigenvalue weighted by Crippen LogP contribution is 2.20. The second-order valence-corrected chi connectivity index (χ2v) is 8.08. The molecule has 0 atom stereocenters. The van der Waals surface area contributed by atoms with Crippen molar-refractivity contribution in [2.75, 3.05) is 7.11 Å². The van der Waals surface area contributed by atoms with Crippen LogP contribution in [0, 0.1) is 0 Å². The predicted octanol–water partition coefficient (Wildman–Crippen LogP) is 4.24. The number of methoxy groups -OCH3 is 1. The van der Waals surface area contributed by atoms with Gasteiger partial charge in [0.05, 0.1) is 18.2 Å². The van der Waals surface area contributed by atoms with Crippen molar-refractivity contribution in [3.63, 3.8) is 0 Å². The summed E-state index contributed by atoms with van der Waals surface area (Å²) in [6.45, 7) is 0.332. The van der Waals surface area contributed by atoms with Crippen molar-refractivity contribution in [3.8, 4) is 11.5 Å². The molecule has 3 aromatic carbocycles. The largest absolute Gasteiger partial charge is 0.497 e. The zero-order valence-electron chi connectivity index (χ0n) is 15.6. The Balaban J connectivity index is 1.69. The lowest BCUT2D eigenvalue weighted by Crippen LogP contribution is -2.18. The van der Waals surface area contributed by atoms with Crippen molar-refractivity contribution in [2.24, 2.45) is 5.10 Å². The first-order valence-electron chi connectivity index (χ1n) is 8.63. The van der Waals surface area contributed by atoms with Gasteiger partial charge in [-0.15, -0.1) is 0 Å². The topological polar surface area (TPSA) is 77.0 Å². The number of benzene rings is 3. The molecule has 3 rings (SSSR count). The molecule has 0 bridgehead atoms. The number of sulfonamides is 1. The first-order valence-corrected chi connectivity index (χ1v) is 10.5. The van der Waals surface area contributed by atoms with Crippen LogP contribution in [0.5, 0.6) is 11.5 Å². The van der Waals surface area contributed by atoms with Crippen LogP contribution < -0.4 is 14.3 Å². The molecular formula is C21H19ClN2O4S. The molecule has 1 N–H and O–H groups in total. The van der Waals surface area contributed by atoms with Crippen LogP contribution in [0.15, 0.2) is 82.8 Å². The van der Waals surface area contributed by atoms with E-state index in [-0.39, 0.29) is 4.90 Å². The predicted molar refractivity (Wildman–Crippen MR) is 113 cm³/mol. The van der Waals surface area contributed by atoms with Crippen molar-refractivity contribution in [3.05, 3.63) is 88.9 Å². The van der Waals surface area contributed by atoms with Crippen molar-refractivity contribution in [1.29, 1.82) is 0 Å². The van der Waals surface area contributed by atoms with Gasteiger partial charge in [-0.25, -0.2) is 4.83 Å². The number of rotatable bonds is 8. The molecule has 0 amide bonds. The van der Waals surface area contributed by atoms with Gasteiger partial charge in [-0.1, -0.05) is 35.9 Å². The Morgan fingerprint density at radius 1 is 1.03 bits per heavy atom. The van der Waals surface area contributed by atoms with E-state index in [1.54, 1.807) is 19.2 Å². The molecule has 0 aliphatic carbocycles. The number of ether oxygens (including phenoxy) is 2. The third kappa shape index (κ3) is 5.73. The molecule has 0 spiro atoms. The molecule has 0 saturated carbocycles. The van der Waals surface area contributed by atoms with Gasteiger partial charge in [0.15, 0.2) is 0 Å². The molecule has 0 saturated heterocycles. The normalized spacial score (nSPS) is 11.4. The van der Waals surface area contributed by atoms with Gasteiger partial charge in [0.1, 0.15) is 18.1 Å². The minimum atomic E-state index is -3.78. The zero-order chi connectivity index (χ0) is 20.7. The Bertz CT molecular complexity index is 1100. The average molecular weight is 431 g/mol. The highest BCUT2D eigenvalue weighted by Gasteiger charge is 2.12. The standard InChI is InChI=1S/C21H19ClN2O4S/c1-27-19-7-4-5-16(13-19)15-28-21-8-3-2-6-17(21)14-23-24-29(25,26)20-11-9-18(22)10-12-20/h2-14,24H,15H2,1H3. The van der Waals surface area contributed by atoms with E-state index >= 15 is 0 Å². The Labute approximate surface area is 174 Å². The fourth-order valence-electron chi connectivity index (χ4n) is 2.47. The summed E-state index contributed by atoms with van der Waals surface area (Å²) in [4.78, 5) is 2.26. The zero-order valence-corrected chi connectivity index (χ0v) is 17.2. The van der Waals surface area contributed by atoms with E-state index in [4.69, 9.17) is 21.1 Å². The van der Waals surface area contributed by atoms with Gasteiger partial charge in [0.25, 0.3) is 10.0 Å². The van der Waals surface area contributed by atoms with Crippen LogP contribution in [0.4, 0.5) is 0 Å². The SMILES string of the molecule is COc1cccc(COc2ccccc2C=NNS(=O)(=O)c2ccc(Cl)cc2)c1. The van der Waals surface area contributed by atoms with E-state index in [9.17, 15) is 8.42 Å². The second kappa shape index (κ2) is 9.45. The number of hydrogen-bond acceptors (Lipinski definition) is 5. The van der Waals surface area contributed by atoms with E-state index in [1.807, 2.05) is 36.4 Å². The Morgan fingerprint density at radius 3 is 2.55 bits per heavy atom. The Kier molecular flexibility index (Phi) is 6.74. The van der Waals surface area contributed by atoms with Crippen LogP contribution in [-0.2, 0) is 16.6 Å². The number of hydrogen-bond donors (Lipinski definition) is 1. The Morgan fingerprint density at radius 2 is 1.79 bits per heavy atom. The van der Waals surface area contributed by atoms with Crippen LogP contribution in [-0.4, -0.2) is 21.7 Å². The third-order valence-electron chi connectivity index (χ3n) is 3.95. The van der Waals surface area contributed by atoms with E-state index < -0.39 is 10.0 Å². The molecule has 150 valence electrons. The van der Waals surface area contributed by atoms with E-state index in [2.05, 4.69) is 9.93 Å². The molecule has 29 heavy (non-hydrogen) atoms. The lowest BCUT2D eigenvalue weighted by Gasteiger charge is -2.10. The van der Waals surface area contributed by atoms with E-state index in [0.29, 0.717) is 22.9 Å². The van der Waals surface area contributed by atoms with Crippen molar-refractivity contribution >= 4 is 27.8 Å². The summed E-state index contributed by atoms with van der Waals surface area (Å²) in [5.41, 5.74) is 1.58. The number of halogens is 1. The molecule has 0 fully saturated rings. The maximum Gasteiger partial charge on any atom is 0.276 e. The van der Waals surface area contributed by atoms with Crippen LogP contribution in [0.3, 0.4) is 0 Å². The van der Waals surface area contributed by atoms with Crippen molar-refractivity contribution < 1.29 is 17.9 Å². The summed E-state index contributed by atoms with van der Waals surface area (Å²) in [6, 6.07) is 20.6. The number of hydrazone groups is 1. The molecular weight excluding hydrogens is 412 g/mol. The summed E-state index contributed by atoms with van der Waals surface area (Å²) >= 11 is 5.79. The molecule has 0 aromatic heterocycles. The average Bonchev–Trinajstić information content (AvgIpc) is 2.73. The summed E-state index contributed by atoms with van der Waals surface area (Å²) in [5.74, 6) is 1.32. The van der Waals surface area contributed by atoms with Gasteiger partial charge in [-0.2, -0.15) is 13.5 Å². The van der Waals surface area contributed by atoms with Gasteiger partial charge >= 0.3 is 0 Å². The summed E-state index contributed by atoms with van der Waals surface area (Å²) < 4.78 is 35.6. The lowest BCUT2D eigenvalue weighted by molar-refractivity contribution is 0.305. The molecule has 0 radical (unpaired) electrons. The molecule has 0 aliphatic rings. The first-order chi connectivity index (χ1) is 14.0. The minimum Gasteiger partial charge on any atom is -0.497 e. The van der Waals surface area contributed by atoms with Gasteiger partial charge < -0.3 is 9.47 Å². The van der Waals surface area contributed by atoms with Gasteiger partial charge in [-0.3, -0.25) is 0 Å². The van der Waals surface area contributed by atoms with Crippen LogP contribution in [0.2, 0.25) is 5.02 Å². The smallest absolute Gasteiger partial charge is 0.276 e. The molecule has 0 aliphatic heterocycles. The molecule has 0 unspecified atom stereocenters. The highest BCUT2D eigenvalue weighted by atomic mass is 35.5. The summed E-state index contributed by atoms with van der Waals surface area (Å²) in [7, 11) is -2.18. The van der Waals surface area contributed by atoms with Crippen molar-refractivity contribution in [2.45, 2.75) is 11.5 Å². The third-order valence-corrected chi connectivity index (χ3v) is 5.44. The molecule has 8 heteroatoms. The second-order valence-electron chi connectivity index (χ2n) is 5.98. The van der Waals surface area contributed by atoms with Gasteiger partial charge in [0, 0.05) is 10.6 Å². The maximum atomic E-state index is 12.3. The van der Waals surface area contributed by atoms with E-state index in [0.717, 1.165) is 11.3 Å². The summed E-state index contributed by atoms with van der Waals surface area (Å²) in [6.07, 6.45) is 1.40. The number of nitrogens with one attached hydrogen (secondary N) is 1. The number of para-hydroxylation sites is 1. The lowest BCUT2D eigenvalue weighted by atomic mass is 10.2. The van der Waals surface area contributed by atoms with Gasteiger partial charge in [0.2, 0.25) is 0 Å². The number of nitrogens with zero attached hydrogens (tertiary/aromatic N) is 1. The van der Waals surface area contributed by atoms with Gasteiger partial charge in [-0.05, 0) is 54.1 Å². The summed E-state index contributed by atoms with van der Waals surface area (Å²) in [5, 5.41) is 4.31. The van der Waals surface area contributed by atoms with Crippen molar-refractivity contribution in [1.82, 2.24) is 4.83 Å². The monoisotopic (exact) mass is 430 g/mol.